The molecular formula is C17H16F3N5O4S. The minimum atomic E-state index is -4.95. The third-order valence-electron chi connectivity index (χ3n) is 3.71. The van der Waals surface area contributed by atoms with Crippen molar-refractivity contribution in [1.82, 2.24) is 19.6 Å². The number of ether oxygens (including phenoxy) is 1. The van der Waals surface area contributed by atoms with Gasteiger partial charge in [-0.15, -0.1) is 5.10 Å². The molecule has 2 heterocycles. The Balaban J connectivity index is 2.11. The molecule has 0 aliphatic rings. The first kappa shape index (κ1) is 21.5. The van der Waals surface area contributed by atoms with Crippen LogP contribution in [0.5, 0.6) is 0 Å². The van der Waals surface area contributed by atoms with Gasteiger partial charge in [-0.25, -0.2) is 14.3 Å². The Kier molecular flexibility index (Phi) is 5.41. The highest BCUT2D eigenvalue weighted by Gasteiger charge is 2.37. The summed E-state index contributed by atoms with van der Waals surface area (Å²) in [5, 5.41) is 2.95. The van der Waals surface area contributed by atoms with Gasteiger partial charge in [-0.3, -0.25) is 4.72 Å². The molecule has 0 spiro atoms. The number of hydrogen-bond acceptors (Lipinski definition) is 7. The molecular weight excluding hydrogens is 427 g/mol. The third kappa shape index (κ3) is 4.35. The van der Waals surface area contributed by atoms with Crippen molar-refractivity contribution >= 4 is 27.5 Å². The van der Waals surface area contributed by atoms with Gasteiger partial charge in [0.25, 0.3) is 21.0 Å². The number of sulfonamides is 1. The van der Waals surface area contributed by atoms with E-state index in [9.17, 15) is 26.4 Å². The van der Waals surface area contributed by atoms with Crippen molar-refractivity contribution in [2.75, 3.05) is 4.72 Å². The lowest BCUT2D eigenvalue weighted by molar-refractivity contribution is -0.136. The highest BCUT2D eigenvalue weighted by atomic mass is 32.2. The summed E-state index contributed by atoms with van der Waals surface area (Å²) in [7, 11) is -4.70. The number of carbonyl (C=O) groups is 1. The fourth-order valence-electron chi connectivity index (χ4n) is 2.50. The van der Waals surface area contributed by atoms with Crippen molar-refractivity contribution in [2.24, 2.45) is 0 Å². The van der Waals surface area contributed by atoms with Gasteiger partial charge in [-0.1, -0.05) is 6.07 Å². The highest BCUT2D eigenvalue weighted by Crippen LogP contribution is 2.38. The van der Waals surface area contributed by atoms with E-state index in [0.717, 1.165) is 16.6 Å². The van der Waals surface area contributed by atoms with Gasteiger partial charge in [0.05, 0.1) is 22.9 Å². The quantitative estimate of drug-likeness (QED) is 0.603. The minimum Gasteiger partial charge on any atom is -0.459 e. The number of halogens is 3. The van der Waals surface area contributed by atoms with E-state index >= 15 is 0 Å². The first-order valence-corrected chi connectivity index (χ1v) is 10.00. The fourth-order valence-corrected chi connectivity index (χ4v) is 3.47. The average molecular weight is 443 g/mol. The Morgan fingerprint density at radius 2 is 1.97 bits per heavy atom. The van der Waals surface area contributed by atoms with Gasteiger partial charge in [0.15, 0.2) is 0 Å². The van der Waals surface area contributed by atoms with Gasteiger partial charge in [0.1, 0.15) is 0 Å². The van der Waals surface area contributed by atoms with E-state index in [-0.39, 0.29) is 5.78 Å². The smallest absolute Gasteiger partial charge is 0.418 e. The van der Waals surface area contributed by atoms with Crippen LogP contribution < -0.4 is 4.72 Å². The number of fused-ring (bicyclic) bond motifs is 1. The summed E-state index contributed by atoms with van der Waals surface area (Å²) >= 11 is 0. The molecule has 160 valence electrons. The molecule has 13 heteroatoms. The van der Waals surface area contributed by atoms with Crippen molar-refractivity contribution < 1.29 is 31.1 Å². The van der Waals surface area contributed by atoms with Crippen LogP contribution in [0.2, 0.25) is 0 Å². The van der Waals surface area contributed by atoms with Crippen LogP contribution in [-0.2, 0) is 20.9 Å². The number of benzene rings is 1. The summed E-state index contributed by atoms with van der Waals surface area (Å²) in [5.74, 6) is -1.18. The van der Waals surface area contributed by atoms with Crippen LogP contribution in [0.3, 0.4) is 0 Å². The zero-order valence-electron chi connectivity index (χ0n) is 15.9. The van der Waals surface area contributed by atoms with Crippen LogP contribution in [0.25, 0.3) is 5.78 Å². The monoisotopic (exact) mass is 443 g/mol. The van der Waals surface area contributed by atoms with Gasteiger partial charge in [-0.2, -0.15) is 26.6 Å². The number of aryl methyl sites for hydroxylation is 1. The number of hydrogen-bond donors (Lipinski definition) is 1. The molecule has 0 aliphatic heterocycles. The number of anilines is 1. The maximum atomic E-state index is 13.5. The molecule has 1 N–H and O–H groups in total. The molecule has 0 unspecified atom stereocenters. The van der Waals surface area contributed by atoms with Crippen molar-refractivity contribution in [2.45, 2.75) is 38.2 Å². The van der Waals surface area contributed by atoms with Crippen LogP contribution in [0.4, 0.5) is 18.9 Å². The lowest BCUT2D eigenvalue weighted by atomic mass is 10.1. The minimum absolute atomic E-state index is 0.0653. The van der Waals surface area contributed by atoms with E-state index in [2.05, 4.69) is 15.1 Å². The molecule has 2 aromatic heterocycles. The zero-order valence-corrected chi connectivity index (χ0v) is 16.7. The predicted molar refractivity (Wildman–Crippen MR) is 98.3 cm³/mol. The lowest BCUT2D eigenvalue weighted by Crippen LogP contribution is -2.22. The van der Waals surface area contributed by atoms with Crippen LogP contribution in [0.1, 0.15) is 35.3 Å². The van der Waals surface area contributed by atoms with Crippen LogP contribution >= 0.6 is 0 Å². The number of nitrogens with one attached hydrogen (secondary N) is 1. The molecule has 30 heavy (non-hydrogen) atoms. The number of carbonyl (C=O) groups excluding carboxylic acids is 1. The summed E-state index contributed by atoms with van der Waals surface area (Å²) in [6.07, 6.45) is -2.71. The molecule has 0 amide bonds. The SMILES string of the molecule is Cc1cnc2nc(S(=O)(=O)Nc3c(C(=O)OC(C)C)cccc3C(F)(F)F)nn2c1. The van der Waals surface area contributed by atoms with Crippen LogP contribution in [-0.4, -0.2) is 40.1 Å². The second kappa shape index (κ2) is 7.55. The van der Waals surface area contributed by atoms with E-state index in [1.165, 1.54) is 26.2 Å². The van der Waals surface area contributed by atoms with Gasteiger partial charge in [0.2, 0.25) is 0 Å². The summed E-state index contributed by atoms with van der Waals surface area (Å²) in [6, 6.07) is 2.65. The third-order valence-corrected chi connectivity index (χ3v) is 4.84. The van der Waals surface area contributed by atoms with Crippen LogP contribution in [0.15, 0.2) is 35.7 Å². The van der Waals surface area contributed by atoms with Gasteiger partial charge in [0, 0.05) is 12.4 Å². The first-order valence-electron chi connectivity index (χ1n) is 8.51. The van der Waals surface area contributed by atoms with Gasteiger partial charge in [-0.05, 0) is 38.5 Å². The summed E-state index contributed by atoms with van der Waals surface area (Å²) in [5.41, 5.74) is -2.27. The van der Waals surface area contributed by atoms with E-state index in [0.29, 0.717) is 11.6 Å². The summed E-state index contributed by atoms with van der Waals surface area (Å²) in [6.45, 7) is 4.70. The molecule has 0 aliphatic carbocycles. The number of aromatic nitrogens is 4. The van der Waals surface area contributed by atoms with E-state index in [1.54, 1.807) is 11.6 Å². The topological polar surface area (TPSA) is 116 Å². The van der Waals surface area contributed by atoms with E-state index in [4.69, 9.17) is 4.74 Å². The van der Waals surface area contributed by atoms with E-state index in [1.807, 2.05) is 0 Å². The number of para-hydroxylation sites is 1. The summed E-state index contributed by atoms with van der Waals surface area (Å²) in [4.78, 5) is 19.9. The standard InChI is InChI=1S/C17H16F3N5O4S/c1-9(2)29-14(26)11-5-4-6-12(17(18,19)20)13(11)24-30(27,28)16-22-15-21-7-10(3)8-25(15)23-16/h4-9,24H,1-3H3. The molecule has 1 aromatic carbocycles. The van der Waals surface area contributed by atoms with E-state index < -0.39 is 50.2 Å². The van der Waals surface area contributed by atoms with Crippen molar-refractivity contribution in [3.8, 4) is 0 Å². The molecule has 0 fully saturated rings. The molecule has 0 saturated heterocycles. The second-order valence-corrected chi connectivity index (χ2v) is 8.13. The number of rotatable bonds is 5. The number of nitrogens with zero attached hydrogens (tertiary/aromatic N) is 4. The molecule has 0 atom stereocenters. The molecule has 0 bridgehead atoms. The average Bonchev–Trinajstić information content (AvgIpc) is 3.04. The normalized spacial score (nSPS) is 12.4. The van der Waals surface area contributed by atoms with Gasteiger partial charge < -0.3 is 4.74 Å². The second-order valence-electron chi connectivity index (χ2n) is 6.56. The van der Waals surface area contributed by atoms with Crippen molar-refractivity contribution in [3.05, 3.63) is 47.3 Å². The zero-order chi connectivity index (χ0) is 22.3. The Bertz CT molecular complexity index is 1220. The maximum Gasteiger partial charge on any atom is 0.418 e. The Morgan fingerprint density at radius 3 is 2.60 bits per heavy atom. The van der Waals surface area contributed by atoms with Crippen molar-refractivity contribution in [1.29, 1.82) is 0 Å². The summed E-state index contributed by atoms with van der Waals surface area (Å²) < 4.78 is 73.8. The Morgan fingerprint density at radius 1 is 1.27 bits per heavy atom. The van der Waals surface area contributed by atoms with Crippen molar-refractivity contribution in [3.63, 3.8) is 0 Å². The largest absolute Gasteiger partial charge is 0.459 e. The molecule has 0 saturated carbocycles. The predicted octanol–water partition coefficient (Wildman–Crippen LogP) is 2.82. The van der Waals surface area contributed by atoms with Gasteiger partial charge >= 0.3 is 12.1 Å². The number of esters is 1. The molecule has 0 radical (unpaired) electrons. The lowest BCUT2D eigenvalue weighted by Gasteiger charge is -2.17. The molecule has 3 rings (SSSR count). The molecule has 3 aromatic rings. The fraction of sp³-hybridized carbons (Fsp3) is 0.294. The van der Waals surface area contributed by atoms with Crippen LogP contribution in [0, 0.1) is 6.92 Å². The number of alkyl halides is 3. The Hall–Kier alpha value is -3.22. The first-order chi connectivity index (χ1) is 13.9. The molecule has 9 nitrogen and oxygen atoms in total. The maximum absolute atomic E-state index is 13.5. The Labute approximate surface area is 169 Å². The highest BCUT2D eigenvalue weighted by molar-refractivity contribution is 7.92.